The zero-order valence-corrected chi connectivity index (χ0v) is 20.2. The van der Waals surface area contributed by atoms with Gasteiger partial charge in [-0.25, -0.2) is 15.0 Å². The highest BCUT2D eigenvalue weighted by Gasteiger charge is 2.20. The van der Waals surface area contributed by atoms with E-state index in [1.807, 2.05) is 24.4 Å². The summed E-state index contributed by atoms with van der Waals surface area (Å²) in [6.45, 7) is 14.0. The molecule has 0 atom stereocenters. The van der Waals surface area contributed by atoms with Crippen molar-refractivity contribution in [2.75, 3.05) is 23.3 Å². The van der Waals surface area contributed by atoms with Gasteiger partial charge in [0.15, 0.2) is 5.82 Å². The van der Waals surface area contributed by atoms with E-state index in [0.717, 1.165) is 42.8 Å². The number of nitrogens with zero attached hydrogens (tertiary/aromatic N) is 6. The monoisotopic (exact) mass is 448 g/mol. The maximum absolute atomic E-state index is 5.70. The van der Waals surface area contributed by atoms with Gasteiger partial charge in [-0.05, 0) is 58.4 Å². The third kappa shape index (κ3) is 7.18. The fourth-order valence-electron chi connectivity index (χ4n) is 3.39. The Morgan fingerprint density at radius 2 is 2.06 bits per heavy atom. The lowest BCUT2D eigenvalue weighted by atomic mass is 10.1. The van der Waals surface area contributed by atoms with Crippen LogP contribution in [0.15, 0.2) is 40.6 Å². The van der Waals surface area contributed by atoms with E-state index in [4.69, 9.17) is 10.7 Å². The lowest BCUT2D eigenvalue weighted by molar-refractivity contribution is 0.571. The molecule has 8 heteroatoms. The van der Waals surface area contributed by atoms with Crippen LogP contribution in [0.25, 0.3) is 5.57 Å². The molecule has 176 valence electrons. The van der Waals surface area contributed by atoms with E-state index in [1.54, 1.807) is 12.4 Å². The fourth-order valence-corrected chi connectivity index (χ4v) is 3.39. The predicted octanol–water partition coefficient (Wildman–Crippen LogP) is 4.78. The van der Waals surface area contributed by atoms with Crippen LogP contribution in [0.4, 0.5) is 23.0 Å². The molecule has 1 saturated carbocycles. The summed E-state index contributed by atoms with van der Waals surface area (Å²) in [5.41, 5.74) is 8.36. The summed E-state index contributed by atoms with van der Waals surface area (Å²) in [6.07, 6.45) is 10.4. The van der Waals surface area contributed by atoms with E-state index in [9.17, 15) is 0 Å². The number of pyridine rings is 1. The Bertz CT molecular complexity index is 992. The first-order valence-corrected chi connectivity index (χ1v) is 11.7. The maximum Gasteiger partial charge on any atom is 0.162 e. The number of hydrogen-bond acceptors (Lipinski definition) is 8. The van der Waals surface area contributed by atoms with E-state index in [1.165, 1.54) is 0 Å². The molecule has 0 aliphatic heterocycles. The van der Waals surface area contributed by atoms with Gasteiger partial charge in [-0.2, -0.15) is 0 Å². The van der Waals surface area contributed by atoms with E-state index in [-0.39, 0.29) is 0 Å². The van der Waals surface area contributed by atoms with Gasteiger partial charge < -0.3 is 16.0 Å². The van der Waals surface area contributed by atoms with Crippen molar-refractivity contribution in [2.45, 2.75) is 59.0 Å². The summed E-state index contributed by atoms with van der Waals surface area (Å²) in [5, 5.41) is 3.32. The minimum atomic E-state index is 0.315. The average Bonchev–Trinajstić information content (AvgIpc) is 3.62. The van der Waals surface area contributed by atoms with Gasteiger partial charge in [0.25, 0.3) is 0 Å². The normalized spacial score (nSPS) is 14.3. The highest BCUT2D eigenvalue weighted by molar-refractivity contribution is 6.08. The van der Waals surface area contributed by atoms with Crippen molar-refractivity contribution in [3.8, 4) is 0 Å². The molecule has 3 N–H and O–H groups in total. The topological polar surface area (TPSA) is 105 Å². The Kier molecular flexibility index (Phi) is 8.65. The molecule has 0 aromatic carbocycles. The summed E-state index contributed by atoms with van der Waals surface area (Å²) < 4.78 is 0. The molecule has 0 amide bonds. The predicted molar refractivity (Wildman–Crippen MR) is 139 cm³/mol. The second-order valence-electron chi connectivity index (χ2n) is 8.99. The summed E-state index contributed by atoms with van der Waals surface area (Å²) >= 11 is 0. The number of aromatic nitrogens is 3. The first-order chi connectivity index (χ1) is 15.9. The van der Waals surface area contributed by atoms with Crippen molar-refractivity contribution in [3.63, 3.8) is 0 Å². The van der Waals surface area contributed by atoms with Gasteiger partial charge >= 0.3 is 0 Å². The molecule has 0 radical (unpaired) electrons. The van der Waals surface area contributed by atoms with Crippen molar-refractivity contribution in [1.29, 1.82) is 0 Å². The SMILES string of the molecule is C=Nc1cnc(Nc2ccnc(/C(C=NC3CC3)=C/CCN)n2)cc1N(CC(C)C)C(C)C. The molecule has 0 saturated heterocycles. The maximum atomic E-state index is 5.70. The highest BCUT2D eigenvalue weighted by Crippen LogP contribution is 2.32. The first kappa shape index (κ1) is 24.5. The van der Waals surface area contributed by atoms with E-state index in [0.29, 0.717) is 42.0 Å². The zero-order valence-electron chi connectivity index (χ0n) is 20.2. The molecule has 8 nitrogen and oxygen atoms in total. The molecule has 0 bridgehead atoms. The van der Waals surface area contributed by atoms with Gasteiger partial charge in [-0.1, -0.05) is 19.9 Å². The van der Waals surface area contributed by atoms with Crippen molar-refractivity contribution >= 4 is 41.5 Å². The fraction of sp³-hybridized carbons (Fsp3) is 0.480. The summed E-state index contributed by atoms with van der Waals surface area (Å²) in [7, 11) is 0. The Morgan fingerprint density at radius 3 is 2.70 bits per heavy atom. The van der Waals surface area contributed by atoms with Crippen LogP contribution < -0.4 is 16.0 Å². The summed E-state index contributed by atoms with van der Waals surface area (Å²) in [5.74, 6) is 2.48. The van der Waals surface area contributed by atoms with Crippen LogP contribution in [0.1, 0.15) is 52.8 Å². The van der Waals surface area contributed by atoms with Crippen LogP contribution in [0, 0.1) is 5.92 Å². The molecule has 0 spiro atoms. The van der Waals surface area contributed by atoms with Crippen molar-refractivity contribution in [2.24, 2.45) is 21.6 Å². The smallest absolute Gasteiger partial charge is 0.162 e. The van der Waals surface area contributed by atoms with Crippen molar-refractivity contribution < 1.29 is 0 Å². The minimum Gasteiger partial charge on any atom is -0.367 e. The van der Waals surface area contributed by atoms with Crippen LogP contribution in [0.2, 0.25) is 0 Å². The van der Waals surface area contributed by atoms with Crippen LogP contribution in [-0.2, 0) is 0 Å². The van der Waals surface area contributed by atoms with Crippen LogP contribution >= 0.6 is 0 Å². The second-order valence-corrected chi connectivity index (χ2v) is 8.99. The third-order valence-electron chi connectivity index (χ3n) is 5.20. The summed E-state index contributed by atoms with van der Waals surface area (Å²) in [4.78, 5) is 24.8. The number of hydrogen-bond donors (Lipinski definition) is 2. The number of anilines is 3. The average molecular weight is 449 g/mol. The molecule has 1 aliphatic rings. The summed E-state index contributed by atoms with van der Waals surface area (Å²) in [6, 6.07) is 4.59. The van der Waals surface area contributed by atoms with E-state index < -0.39 is 0 Å². The Hall–Kier alpha value is -3.13. The molecule has 1 fully saturated rings. The number of nitrogens with one attached hydrogen (secondary N) is 1. The van der Waals surface area contributed by atoms with E-state index in [2.05, 4.69) is 64.6 Å². The van der Waals surface area contributed by atoms with Gasteiger partial charge in [-0.15, -0.1) is 0 Å². The van der Waals surface area contributed by atoms with Gasteiger partial charge in [-0.3, -0.25) is 9.98 Å². The molecule has 0 unspecified atom stereocenters. The van der Waals surface area contributed by atoms with E-state index >= 15 is 0 Å². The molecule has 33 heavy (non-hydrogen) atoms. The van der Waals surface area contributed by atoms with Crippen molar-refractivity contribution in [3.05, 3.63) is 36.4 Å². The zero-order chi connectivity index (χ0) is 23.8. The Morgan fingerprint density at radius 1 is 1.27 bits per heavy atom. The number of nitrogens with two attached hydrogens (primary N) is 1. The molecular formula is C25H36N8. The molecule has 1 aliphatic carbocycles. The standard InChI is InChI=1S/C25H36N8/c1-17(2)16-33(18(3)4)22-13-24(30-15-21(22)27-5)31-23-10-12-28-25(32-23)19(7-6-11-26)14-29-20-8-9-20/h7,10,12-15,17-18,20H,5-6,8-9,11,16,26H2,1-4H3,(H,28,30,31,32)/b19-7+,29-14?. The Balaban J connectivity index is 1.87. The highest BCUT2D eigenvalue weighted by atomic mass is 15.2. The van der Waals surface area contributed by atoms with Crippen molar-refractivity contribution in [1.82, 2.24) is 15.0 Å². The quantitative estimate of drug-likeness (QED) is 0.453. The van der Waals surface area contributed by atoms with Crippen LogP contribution in [0.3, 0.4) is 0 Å². The molecule has 3 rings (SSSR count). The lowest BCUT2D eigenvalue weighted by Gasteiger charge is -2.31. The molecule has 2 aromatic rings. The molecule has 2 aromatic heterocycles. The first-order valence-electron chi connectivity index (χ1n) is 11.7. The largest absolute Gasteiger partial charge is 0.367 e. The second kappa shape index (κ2) is 11.7. The minimum absolute atomic E-state index is 0.315. The van der Waals surface area contributed by atoms with Gasteiger partial charge in [0.1, 0.15) is 17.3 Å². The number of rotatable bonds is 12. The molecule has 2 heterocycles. The van der Waals surface area contributed by atoms with Crippen LogP contribution in [0.5, 0.6) is 0 Å². The van der Waals surface area contributed by atoms with Gasteiger partial charge in [0, 0.05) is 36.6 Å². The number of allylic oxidation sites excluding steroid dienone is 1. The Labute approximate surface area is 197 Å². The van der Waals surface area contributed by atoms with Crippen LogP contribution in [-0.4, -0.2) is 53.1 Å². The molecular weight excluding hydrogens is 412 g/mol. The number of aliphatic imine (C=N–C) groups is 2. The van der Waals surface area contributed by atoms with Gasteiger partial charge in [0.2, 0.25) is 0 Å². The lowest BCUT2D eigenvalue weighted by Crippen LogP contribution is -2.34. The third-order valence-corrected chi connectivity index (χ3v) is 5.20. The van der Waals surface area contributed by atoms with Gasteiger partial charge in [0.05, 0.1) is 17.9 Å².